The topological polar surface area (TPSA) is 20.3 Å². The Kier molecular flexibility index (Phi) is 4.90. The third-order valence-electron chi connectivity index (χ3n) is 3.06. The molecule has 0 unspecified atom stereocenters. The molecule has 0 aliphatic rings. The summed E-state index contributed by atoms with van der Waals surface area (Å²) in [5, 5.41) is 0.742. The lowest BCUT2D eigenvalue weighted by Crippen LogP contribution is -2.31. The van der Waals surface area contributed by atoms with Crippen LogP contribution in [-0.4, -0.2) is 12.5 Å². The summed E-state index contributed by atoms with van der Waals surface area (Å²) in [7, 11) is 0. The zero-order chi connectivity index (χ0) is 14.5. The highest BCUT2D eigenvalue weighted by Gasteiger charge is 2.18. The molecular weight excluding hydrogens is 321 g/mol. The molecule has 0 fully saturated rings. The summed E-state index contributed by atoms with van der Waals surface area (Å²) >= 11 is 3.36. The minimum absolute atomic E-state index is 0.196. The van der Waals surface area contributed by atoms with Gasteiger partial charge in [-0.15, -0.1) is 0 Å². The highest BCUT2D eigenvalue weighted by Crippen LogP contribution is 2.21. The molecule has 0 bridgehead atoms. The van der Waals surface area contributed by atoms with Crippen molar-refractivity contribution >= 4 is 27.5 Å². The van der Waals surface area contributed by atoms with Crippen molar-refractivity contribution in [3.8, 4) is 0 Å². The average Bonchev–Trinajstić information content (AvgIpc) is 2.50. The number of hydrogen-bond acceptors (Lipinski definition) is 1. The van der Waals surface area contributed by atoms with Crippen LogP contribution in [0.2, 0.25) is 0 Å². The van der Waals surface area contributed by atoms with Gasteiger partial charge in [-0.1, -0.05) is 40.2 Å². The molecule has 0 radical (unpaired) electrons. The third kappa shape index (κ3) is 3.07. The number of benzene rings is 2. The molecule has 1 amide bonds. The van der Waals surface area contributed by atoms with Gasteiger partial charge in [-0.3, -0.25) is 4.79 Å². The molecule has 4 heteroatoms. The summed E-state index contributed by atoms with van der Waals surface area (Å²) in [5.74, 6) is -0.585. The van der Waals surface area contributed by atoms with Crippen molar-refractivity contribution in [2.45, 2.75) is 12.3 Å². The molecule has 104 valence electrons. The molecule has 0 aromatic heterocycles. The van der Waals surface area contributed by atoms with Crippen LogP contribution in [0, 0.1) is 5.82 Å². The molecule has 2 aromatic carbocycles. The quantitative estimate of drug-likeness (QED) is 0.759. The number of carbonyl (C=O) groups excluding carboxylic acids is 1. The number of para-hydroxylation sites is 1. The lowest BCUT2D eigenvalue weighted by Gasteiger charge is -2.21. The van der Waals surface area contributed by atoms with E-state index in [4.69, 9.17) is 0 Å². The summed E-state index contributed by atoms with van der Waals surface area (Å²) < 4.78 is 13.8. The molecule has 0 N–H and O–H groups in total. The van der Waals surface area contributed by atoms with Gasteiger partial charge in [-0.05, 0) is 36.8 Å². The Morgan fingerprint density at radius 1 is 1.15 bits per heavy atom. The molecule has 2 rings (SSSR count). The van der Waals surface area contributed by atoms with Gasteiger partial charge < -0.3 is 4.90 Å². The van der Waals surface area contributed by atoms with E-state index in [1.165, 1.54) is 11.0 Å². The van der Waals surface area contributed by atoms with Crippen molar-refractivity contribution < 1.29 is 9.18 Å². The molecule has 0 saturated carbocycles. The fourth-order valence-electron chi connectivity index (χ4n) is 1.99. The predicted molar refractivity (Wildman–Crippen MR) is 82.8 cm³/mol. The van der Waals surface area contributed by atoms with Crippen LogP contribution in [0.5, 0.6) is 0 Å². The molecule has 0 heterocycles. The monoisotopic (exact) mass is 335 g/mol. The van der Waals surface area contributed by atoms with Gasteiger partial charge in [0.1, 0.15) is 5.82 Å². The minimum atomic E-state index is -0.389. The maximum Gasteiger partial charge on any atom is 0.258 e. The van der Waals surface area contributed by atoms with E-state index in [0.29, 0.717) is 17.8 Å². The third-order valence-corrected chi connectivity index (χ3v) is 3.71. The second-order valence-corrected chi connectivity index (χ2v) is 4.89. The number of halogens is 2. The van der Waals surface area contributed by atoms with Gasteiger partial charge in [0.05, 0.1) is 5.69 Å². The van der Waals surface area contributed by atoms with Crippen LogP contribution in [0.1, 0.15) is 22.8 Å². The molecule has 0 atom stereocenters. The van der Waals surface area contributed by atoms with Gasteiger partial charge in [0.2, 0.25) is 0 Å². The summed E-state index contributed by atoms with van der Waals surface area (Å²) in [6.07, 6.45) is 0. The van der Waals surface area contributed by atoms with Gasteiger partial charge >= 0.3 is 0 Å². The second-order valence-electron chi connectivity index (χ2n) is 4.33. The highest BCUT2D eigenvalue weighted by atomic mass is 79.9. The van der Waals surface area contributed by atoms with E-state index in [0.717, 1.165) is 10.9 Å². The summed E-state index contributed by atoms with van der Waals surface area (Å²) in [6, 6.07) is 13.6. The van der Waals surface area contributed by atoms with Crippen LogP contribution in [0.25, 0.3) is 0 Å². The molecule has 0 saturated heterocycles. The Balaban J connectivity index is 2.31. The lowest BCUT2D eigenvalue weighted by atomic mass is 10.1. The maximum atomic E-state index is 13.8. The number of carbonyl (C=O) groups is 1. The van der Waals surface area contributed by atoms with Crippen LogP contribution < -0.4 is 4.90 Å². The minimum Gasteiger partial charge on any atom is -0.306 e. The number of hydrogen-bond donors (Lipinski definition) is 0. The van der Waals surface area contributed by atoms with Crippen LogP contribution >= 0.6 is 15.9 Å². The zero-order valence-corrected chi connectivity index (χ0v) is 12.7. The fourth-order valence-corrected chi connectivity index (χ4v) is 2.36. The Morgan fingerprint density at radius 3 is 2.35 bits per heavy atom. The van der Waals surface area contributed by atoms with E-state index >= 15 is 0 Å². The van der Waals surface area contributed by atoms with Crippen molar-refractivity contribution in [2.75, 3.05) is 11.4 Å². The first-order valence-corrected chi connectivity index (χ1v) is 7.50. The normalized spacial score (nSPS) is 10.3. The summed E-state index contributed by atoms with van der Waals surface area (Å²) in [6.45, 7) is 2.25. The van der Waals surface area contributed by atoms with Gasteiger partial charge in [0.15, 0.2) is 0 Å². The van der Waals surface area contributed by atoms with Crippen molar-refractivity contribution in [3.05, 3.63) is 65.5 Å². The van der Waals surface area contributed by atoms with Crippen LogP contribution in [0.3, 0.4) is 0 Å². The largest absolute Gasteiger partial charge is 0.306 e. The van der Waals surface area contributed by atoms with E-state index in [2.05, 4.69) is 15.9 Å². The first kappa shape index (κ1) is 14.7. The molecule has 20 heavy (non-hydrogen) atoms. The standard InChI is InChI=1S/C16H15BrFNO/c1-2-19(15-6-4-3-5-14(15)18)16(20)13-9-7-12(11-17)8-10-13/h3-10H,2,11H2,1H3. The fraction of sp³-hybridized carbons (Fsp3) is 0.188. The van der Waals surface area contributed by atoms with Gasteiger partial charge in [-0.25, -0.2) is 4.39 Å². The smallest absolute Gasteiger partial charge is 0.258 e. The Hall–Kier alpha value is -1.68. The lowest BCUT2D eigenvalue weighted by molar-refractivity contribution is 0.0987. The highest BCUT2D eigenvalue weighted by molar-refractivity contribution is 9.08. The summed E-state index contributed by atoms with van der Waals surface area (Å²) in [5.41, 5.74) is 1.96. The number of nitrogens with zero attached hydrogens (tertiary/aromatic N) is 1. The number of rotatable bonds is 4. The van der Waals surface area contributed by atoms with Crippen molar-refractivity contribution in [2.24, 2.45) is 0 Å². The average molecular weight is 336 g/mol. The van der Waals surface area contributed by atoms with Gasteiger partial charge in [0, 0.05) is 17.4 Å². The maximum absolute atomic E-state index is 13.8. The van der Waals surface area contributed by atoms with Crippen molar-refractivity contribution in [3.63, 3.8) is 0 Å². The number of amides is 1. The van der Waals surface area contributed by atoms with E-state index in [-0.39, 0.29) is 11.7 Å². The van der Waals surface area contributed by atoms with Crippen molar-refractivity contribution in [1.82, 2.24) is 0 Å². The van der Waals surface area contributed by atoms with Crippen LogP contribution in [0.15, 0.2) is 48.5 Å². The van der Waals surface area contributed by atoms with Gasteiger partial charge in [-0.2, -0.15) is 0 Å². The molecule has 2 nitrogen and oxygen atoms in total. The molecule has 2 aromatic rings. The Labute approximate surface area is 126 Å². The molecule has 0 aliphatic carbocycles. The number of anilines is 1. The van der Waals surface area contributed by atoms with E-state index in [1.54, 1.807) is 30.3 Å². The van der Waals surface area contributed by atoms with Crippen LogP contribution in [-0.2, 0) is 5.33 Å². The zero-order valence-electron chi connectivity index (χ0n) is 11.1. The molecular formula is C16H15BrFNO. The predicted octanol–water partition coefficient (Wildman–Crippen LogP) is 4.39. The van der Waals surface area contributed by atoms with Crippen LogP contribution in [0.4, 0.5) is 10.1 Å². The number of alkyl halides is 1. The Bertz CT molecular complexity index is 598. The first-order valence-electron chi connectivity index (χ1n) is 6.38. The van der Waals surface area contributed by atoms with Gasteiger partial charge in [0.25, 0.3) is 5.91 Å². The van der Waals surface area contributed by atoms with E-state index in [9.17, 15) is 9.18 Å². The first-order chi connectivity index (χ1) is 9.67. The SMILES string of the molecule is CCN(C(=O)c1ccc(CBr)cc1)c1ccccc1F. The summed E-state index contributed by atoms with van der Waals surface area (Å²) in [4.78, 5) is 13.9. The van der Waals surface area contributed by atoms with Crippen molar-refractivity contribution in [1.29, 1.82) is 0 Å². The Morgan fingerprint density at radius 2 is 1.80 bits per heavy atom. The molecule has 0 aliphatic heterocycles. The van der Waals surface area contributed by atoms with E-state index < -0.39 is 0 Å². The second kappa shape index (κ2) is 6.66. The van der Waals surface area contributed by atoms with E-state index in [1.807, 2.05) is 19.1 Å². The molecule has 0 spiro atoms.